The molecule has 23 heavy (non-hydrogen) atoms. The molecule has 2 rings (SSSR count). The monoisotopic (exact) mass is 315 g/mol. The van der Waals surface area contributed by atoms with Gasteiger partial charge in [0.25, 0.3) is 0 Å². The molecule has 0 aliphatic carbocycles. The summed E-state index contributed by atoms with van der Waals surface area (Å²) in [5.74, 6) is 0.358. The van der Waals surface area contributed by atoms with E-state index in [1.165, 1.54) is 6.20 Å². The lowest BCUT2D eigenvalue weighted by Crippen LogP contribution is -2.18. The normalized spacial score (nSPS) is 10.5. The van der Waals surface area contributed by atoms with E-state index < -0.39 is 5.97 Å². The van der Waals surface area contributed by atoms with Crippen LogP contribution in [0.15, 0.2) is 36.5 Å². The van der Waals surface area contributed by atoms with Gasteiger partial charge >= 0.3 is 13.5 Å². The average Bonchev–Trinajstić information content (AvgIpc) is 2.54. The van der Waals surface area contributed by atoms with Crippen molar-refractivity contribution in [2.75, 3.05) is 0 Å². The summed E-state index contributed by atoms with van der Waals surface area (Å²) in [4.78, 5) is 15.8. The van der Waals surface area contributed by atoms with Gasteiger partial charge in [0.05, 0.1) is 18.3 Å². The Kier molecular flexibility index (Phi) is 5.73. The van der Waals surface area contributed by atoms with Crippen LogP contribution in [0.25, 0.3) is 0 Å². The summed E-state index contributed by atoms with van der Waals surface area (Å²) in [6.45, 7) is 3.36. The molecule has 0 fully saturated rings. The molecule has 0 bridgehead atoms. The van der Waals surface area contributed by atoms with E-state index in [-0.39, 0.29) is 20.2 Å². The topological polar surface area (TPSA) is 88.9 Å². The Morgan fingerprint density at radius 1 is 1.30 bits per heavy atom. The minimum atomic E-state index is -0.436. The Morgan fingerprint density at radius 3 is 2.65 bits per heavy atom. The lowest BCUT2D eigenvalue weighted by atomic mass is 9.84. The molecule has 0 saturated carbocycles. The summed E-state index contributed by atoms with van der Waals surface area (Å²) in [5, 5.41) is 18.4. The summed E-state index contributed by atoms with van der Waals surface area (Å²) < 4.78 is 10.7. The zero-order chi connectivity index (χ0) is 16.8. The molecular formula is C16H18BNO5. The smallest absolute Gasteiger partial charge is 0.339 e. The Hall–Kier alpha value is -2.38. The van der Waals surface area contributed by atoms with Crippen molar-refractivity contribution in [2.45, 2.75) is 26.6 Å². The molecule has 0 amide bonds. The Bertz CT molecular complexity index is 673. The van der Waals surface area contributed by atoms with Crippen LogP contribution in [0.5, 0.6) is 11.6 Å². The van der Waals surface area contributed by atoms with Gasteiger partial charge in [-0.15, -0.1) is 0 Å². The van der Waals surface area contributed by atoms with E-state index >= 15 is 0 Å². The maximum Gasteiger partial charge on any atom is 0.339 e. The van der Waals surface area contributed by atoms with Crippen molar-refractivity contribution in [3.05, 3.63) is 47.7 Å². The van der Waals surface area contributed by atoms with Crippen molar-refractivity contribution in [3.8, 4) is 11.6 Å². The van der Waals surface area contributed by atoms with Crippen LogP contribution < -0.4 is 10.2 Å². The Morgan fingerprint density at radius 2 is 2.09 bits per heavy atom. The number of aromatic nitrogens is 1. The predicted octanol–water partition coefficient (Wildman–Crippen LogP) is 0.900. The van der Waals surface area contributed by atoms with E-state index in [4.69, 9.17) is 14.5 Å². The van der Waals surface area contributed by atoms with Gasteiger partial charge in [0, 0.05) is 12.3 Å². The van der Waals surface area contributed by atoms with Gasteiger partial charge in [-0.3, -0.25) is 0 Å². The maximum absolute atomic E-state index is 11.7. The summed E-state index contributed by atoms with van der Waals surface area (Å²) >= 11 is 0. The van der Waals surface area contributed by atoms with Crippen LogP contribution >= 0.6 is 0 Å². The van der Waals surface area contributed by atoms with Gasteiger partial charge in [0.2, 0.25) is 5.88 Å². The van der Waals surface area contributed by atoms with Crippen LogP contribution in [0.3, 0.4) is 0 Å². The molecule has 1 aromatic heterocycles. The van der Waals surface area contributed by atoms with E-state index in [0.29, 0.717) is 28.2 Å². The lowest BCUT2D eigenvalue weighted by Gasteiger charge is -2.10. The van der Waals surface area contributed by atoms with Crippen molar-refractivity contribution >= 4 is 18.9 Å². The minimum Gasteiger partial charge on any atom is -0.459 e. The number of hydrogen-bond acceptors (Lipinski definition) is 6. The van der Waals surface area contributed by atoms with E-state index in [1.54, 1.807) is 44.2 Å². The molecule has 1 heterocycles. The first-order valence-electron chi connectivity index (χ1n) is 7.22. The Labute approximate surface area is 135 Å². The number of ether oxygens (including phenoxy) is 2. The predicted molar refractivity (Wildman–Crippen MR) is 86.2 cm³/mol. The molecule has 6 nitrogen and oxygen atoms in total. The molecule has 1 aromatic carbocycles. The second-order valence-electron chi connectivity index (χ2n) is 5.19. The van der Waals surface area contributed by atoms with Crippen molar-refractivity contribution in [1.82, 2.24) is 4.98 Å². The van der Waals surface area contributed by atoms with Crippen LogP contribution in [0, 0.1) is 0 Å². The number of aliphatic hydroxyl groups excluding tert-OH is 1. The summed E-state index contributed by atoms with van der Waals surface area (Å²) in [7, 11) is -0.152. The van der Waals surface area contributed by atoms with Crippen LogP contribution in [-0.2, 0) is 11.3 Å². The molecule has 2 N–H and O–H groups in total. The fourth-order valence-electron chi connectivity index (χ4n) is 1.93. The van der Waals surface area contributed by atoms with Gasteiger partial charge in [0.1, 0.15) is 5.75 Å². The van der Waals surface area contributed by atoms with Gasteiger partial charge in [-0.2, -0.15) is 0 Å². The highest BCUT2D eigenvalue weighted by Crippen LogP contribution is 2.20. The van der Waals surface area contributed by atoms with Crippen LogP contribution in [-0.4, -0.2) is 34.7 Å². The van der Waals surface area contributed by atoms with E-state index in [9.17, 15) is 9.90 Å². The molecule has 2 aromatic rings. The van der Waals surface area contributed by atoms with E-state index in [1.807, 2.05) is 0 Å². The highest BCUT2D eigenvalue weighted by Gasteiger charge is 2.10. The van der Waals surface area contributed by atoms with Gasteiger partial charge in [-0.1, -0.05) is 6.07 Å². The third kappa shape index (κ3) is 4.54. The molecular weight excluding hydrogens is 297 g/mol. The highest BCUT2D eigenvalue weighted by molar-refractivity contribution is 6.46. The molecule has 0 spiro atoms. The number of rotatable bonds is 6. The standard InChI is InChI=1S/C16H18BNO5/c1-10(2)22-16(20)11-3-6-15(18-8-11)23-13-4-5-14(17-21)12(7-13)9-19/h3-8,10,17,19,21H,9H2,1-2H3. The van der Waals surface area contributed by atoms with Gasteiger partial charge < -0.3 is 19.6 Å². The molecule has 0 radical (unpaired) electrons. The molecule has 120 valence electrons. The molecule has 7 heteroatoms. The molecule has 0 aliphatic rings. The molecule has 0 aliphatic heterocycles. The maximum atomic E-state index is 11.7. The highest BCUT2D eigenvalue weighted by atomic mass is 16.5. The van der Waals surface area contributed by atoms with Gasteiger partial charge in [-0.25, -0.2) is 9.78 Å². The second-order valence-corrected chi connectivity index (χ2v) is 5.19. The number of aliphatic hydroxyl groups is 1. The van der Waals surface area contributed by atoms with Crippen molar-refractivity contribution in [3.63, 3.8) is 0 Å². The number of nitrogens with zero attached hydrogens (tertiary/aromatic N) is 1. The minimum absolute atomic E-state index is 0.152. The van der Waals surface area contributed by atoms with Crippen molar-refractivity contribution < 1.29 is 24.4 Å². The SMILES string of the molecule is CC(C)OC(=O)c1ccc(Oc2ccc(BO)c(CO)c2)nc1. The third-order valence-corrected chi connectivity index (χ3v) is 3.06. The Balaban J connectivity index is 2.10. The zero-order valence-corrected chi connectivity index (χ0v) is 13.0. The molecule has 0 saturated heterocycles. The van der Waals surface area contributed by atoms with Gasteiger partial charge in [0.15, 0.2) is 0 Å². The number of benzene rings is 1. The number of carbonyl (C=O) groups is 1. The lowest BCUT2D eigenvalue weighted by molar-refractivity contribution is 0.0377. The first-order valence-corrected chi connectivity index (χ1v) is 7.22. The average molecular weight is 315 g/mol. The first kappa shape index (κ1) is 17.0. The number of pyridine rings is 1. The fraction of sp³-hybridized carbons (Fsp3) is 0.250. The van der Waals surface area contributed by atoms with Gasteiger partial charge in [-0.05, 0) is 43.1 Å². The fourth-order valence-corrected chi connectivity index (χ4v) is 1.93. The molecule has 0 atom stereocenters. The quantitative estimate of drug-likeness (QED) is 0.608. The second kappa shape index (κ2) is 7.76. The summed E-state index contributed by atoms with van der Waals surface area (Å²) in [6, 6.07) is 8.12. The number of carbonyl (C=O) groups excluding carboxylic acids is 1. The van der Waals surface area contributed by atoms with Crippen molar-refractivity contribution in [2.24, 2.45) is 0 Å². The van der Waals surface area contributed by atoms with Crippen molar-refractivity contribution in [1.29, 1.82) is 0 Å². The van der Waals surface area contributed by atoms with Crippen LogP contribution in [0.2, 0.25) is 0 Å². The summed E-state index contributed by atoms with van der Waals surface area (Å²) in [6.07, 6.45) is 1.19. The zero-order valence-electron chi connectivity index (χ0n) is 13.0. The molecule has 0 unspecified atom stereocenters. The number of esters is 1. The van der Waals surface area contributed by atoms with E-state index in [2.05, 4.69) is 4.98 Å². The largest absolute Gasteiger partial charge is 0.459 e. The van der Waals surface area contributed by atoms with Crippen LogP contribution in [0.4, 0.5) is 0 Å². The van der Waals surface area contributed by atoms with E-state index in [0.717, 1.165) is 0 Å². The third-order valence-electron chi connectivity index (χ3n) is 3.06. The van der Waals surface area contributed by atoms with Crippen LogP contribution in [0.1, 0.15) is 29.8 Å². The number of hydrogen-bond donors (Lipinski definition) is 2. The summed E-state index contributed by atoms with van der Waals surface area (Å²) in [5.41, 5.74) is 1.57. The first-order chi connectivity index (χ1) is 11.0.